The molecule has 6 aromatic carbocycles. The lowest BCUT2D eigenvalue weighted by Gasteiger charge is -2.41. The van der Waals surface area contributed by atoms with Gasteiger partial charge in [-0.2, -0.15) is 0 Å². The van der Waals surface area contributed by atoms with Gasteiger partial charge in [0.05, 0.1) is 62.7 Å². The topological polar surface area (TPSA) is 57.0 Å². The van der Waals surface area contributed by atoms with E-state index in [9.17, 15) is 0 Å². The normalized spacial score (nSPS) is 18.3. The van der Waals surface area contributed by atoms with E-state index in [2.05, 4.69) is 235 Å². The standard InChI is InChI=1S/C61H54N6/c1-57(2)59(5,6)66(55(64-57)39-19-11-9-12-20-39)43-29-33-53(62-37-43)41-27-31-47-48-32-28-42(36-52(48)61(51(47)35-41)49-25-17-15-23-45(49)46-24-16-18-26-50(46)61)54-34-30-44(38-63-54)67-56(40-21-13-10-14-22-40)65-58(3,4)60(67,7)8/h9-38H,1-8H3. The highest BCUT2D eigenvalue weighted by Crippen LogP contribution is 2.63. The zero-order valence-electron chi connectivity index (χ0n) is 39.5. The summed E-state index contributed by atoms with van der Waals surface area (Å²) in [6, 6.07) is 61.7. The van der Waals surface area contributed by atoms with Crippen LogP contribution < -0.4 is 9.80 Å². The molecule has 2 aliphatic heterocycles. The van der Waals surface area contributed by atoms with Crippen molar-refractivity contribution in [2.45, 2.75) is 83.0 Å². The first-order valence-electron chi connectivity index (χ1n) is 23.6. The van der Waals surface area contributed by atoms with Gasteiger partial charge >= 0.3 is 0 Å². The van der Waals surface area contributed by atoms with Crippen LogP contribution in [0.25, 0.3) is 44.8 Å². The van der Waals surface area contributed by atoms with Crippen molar-refractivity contribution in [3.8, 4) is 44.8 Å². The number of hydrogen-bond donors (Lipinski definition) is 0. The van der Waals surface area contributed by atoms with E-state index < -0.39 is 5.41 Å². The molecule has 6 heteroatoms. The fourth-order valence-electron chi connectivity index (χ4n) is 11.3. The van der Waals surface area contributed by atoms with Crippen molar-refractivity contribution < 1.29 is 0 Å². The number of pyridine rings is 2. The van der Waals surface area contributed by atoms with Crippen LogP contribution in [0.4, 0.5) is 11.4 Å². The predicted molar refractivity (Wildman–Crippen MR) is 276 cm³/mol. The first-order chi connectivity index (χ1) is 32.2. The molecule has 6 nitrogen and oxygen atoms in total. The van der Waals surface area contributed by atoms with Gasteiger partial charge in [-0.15, -0.1) is 0 Å². The Morgan fingerprint density at radius 3 is 1.10 bits per heavy atom. The highest BCUT2D eigenvalue weighted by atomic mass is 15.3. The Morgan fingerprint density at radius 2 is 0.716 bits per heavy atom. The van der Waals surface area contributed by atoms with Crippen LogP contribution in [0, 0.1) is 0 Å². The molecule has 8 aromatic rings. The second kappa shape index (κ2) is 14.3. The number of fused-ring (bicyclic) bond motifs is 10. The summed E-state index contributed by atoms with van der Waals surface area (Å²) < 4.78 is 0. The summed E-state index contributed by atoms with van der Waals surface area (Å²) in [7, 11) is 0. The molecule has 0 fully saturated rings. The zero-order chi connectivity index (χ0) is 46.1. The molecule has 0 amide bonds. The third-order valence-electron chi connectivity index (χ3n) is 16.1. The number of rotatable bonds is 6. The maximum absolute atomic E-state index is 5.29. The Balaban J connectivity index is 0.959. The molecule has 0 atom stereocenters. The van der Waals surface area contributed by atoms with E-state index in [4.69, 9.17) is 20.0 Å². The van der Waals surface area contributed by atoms with Gasteiger partial charge in [-0.05, 0) is 136 Å². The third kappa shape index (κ3) is 5.75. The van der Waals surface area contributed by atoms with Crippen molar-refractivity contribution in [1.82, 2.24) is 9.97 Å². The first kappa shape index (κ1) is 41.0. The number of aromatic nitrogens is 2. The van der Waals surface area contributed by atoms with Gasteiger partial charge in [0.15, 0.2) is 0 Å². The van der Waals surface area contributed by atoms with E-state index in [1.165, 1.54) is 44.5 Å². The van der Waals surface area contributed by atoms with Crippen molar-refractivity contribution in [2.24, 2.45) is 9.98 Å². The maximum Gasteiger partial charge on any atom is 0.136 e. The second-order valence-corrected chi connectivity index (χ2v) is 20.7. The molecule has 0 unspecified atom stereocenters. The smallest absolute Gasteiger partial charge is 0.136 e. The van der Waals surface area contributed by atoms with Gasteiger partial charge < -0.3 is 9.80 Å². The fraction of sp³-hybridized carbons (Fsp3) is 0.213. The summed E-state index contributed by atoms with van der Waals surface area (Å²) in [4.78, 5) is 25.8. The molecule has 2 aliphatic carbocycles. The molecule has 2 aromatic heterocycles. The summed E-state index contributed by atoms with van der Waals surface area (Å²) in [6.07, 6.45) is 4.06. The van der Waals surface area contributed by atoms with Crippen LogP contribution in [0.15, 0.2) is 192 Å². The van der Waals surface area contributed by atoms with Crippen LogP contribution in [0.1, 0.15) is 88.8 Å². The Morgan fingerprint density at radius 1 is 0.343 bits per heavy atom. The third-order valence-corrected chi connectivity index (χ3v) is 16.1. The summed E-state index contributed by atoms with van der Waals surface area (Å²) in [5.74, 6) is 1.94. The second-order valence-electron chi connectivity index (χ2n) is 20.7. The van der Waals surface area contributed by atoms with Gasteiger partial charge in [-0.3, -0.25) is 20.0 Å². The summed E-state index contributed by atoms with van der Waals surface area (Å²) >= 11 is 0. The number of amidine groups is 2. The number of hydrogen-bond acceptors (Lipinski definition) is 6. The SMILES string of the molecule is CC1(C)N=C(c2ccccc2)N(c2ccc(-c3ccc4c(c3)C3(c5ccccc5-c5ccccc53)c3cc(-c5ccc(N6C(c7ccccc7)=NC(C)(C)C6(C)C)cn5)ccc3-4)nc2)C1(C)C. The molecule has 1 spiro atoms. The Bertz CT molecular complexity index is 3120. The number of aliphatic imine (C=N–C) groups is 2. The molecule has 0 N–H and O–H groups in total. The number of anilines is 2. The van der Waals surface area contributed by atoms with Gasteiger partial charge in [-0.25, -0.2) is 0 Å². The summed E-state index contributed by atoms with van der Waals surface area (Å²) in [5, 5.41) is 0. The highest BCUT2D eigenvalue weighted by Gasteiger charge is 2.53. The number of nitrogens with zero attached hydrogens (tertiary/aromatic N) is 6. The van der Waals surface area contributed by atoms with E-state index in [-0.39, 0.29) is 22.2 Å². The van der Waals surface area contributed by atoms with Crippen molar-refractivity contribution in [1.29, 1.82) is 0 Å². The van der Waals surface area contributed by atoms with E-state index in [1.807, 2.05) is 12.4 Å². The summed E-state index contributed by atoms with van der Waals surface area (Å²) in [5.41, 5.74) is 16.8. The summed E-state index contributed by atoms with van der Waals surface area (Å²) in [6.45, 7) is 18.0. The predicted octanol–water partition coefficient (Wildman–Crippen LogP) is 13.8. The molecule has 328 valence electrons. The minimum atomic E-state index is -0.540. The molecular weight excluding hydrogens is 817 g/mol. The minimum absolute atomic E-state index is 0.282. The molecule has 0 radical (unpaired) electrons. The van der Waals surface area contributed by atoms with Gasteiger partial charge in [0.25, 0.3) is 0 Å². The zero-order valence-corrected chi connectivity index (χ0v) is 39.5. The molecule has 67 heavy (non-hydrogen) atoms. The van der Waals surface area contributed by atoms with Crippen LogP contribution in [0.3, 0.4) is 0 Å². The fourth-order valence-corrected chi connectivity index (χ4v) is 11.3. The van der Waals surface area contributed by atoms with Gasteiger partial charge in [0.2, 0.25) is 0 Å². The van der Waals surface area contributed by atoms with Crippen molar-refractivity contribution in [3.05, 3.63) is 216 Å². The average molecular weight is 871 g/mol. The van der Waals surface area contributed by atoms with E-state index in [1.54, 1.807) is 0 Å². The van der Waals surface area contributed by atoms with E-state index in [0.717, 1.165) is 56.7 Å². The molecule has 0 saturated heterocycles. The van der Waals surface area contributed by atoms with Crippen LogP contribution in [-0.4, -0.2) is 43.8 Å². The van der Waals surface area contributed by atoms with Crippen LogP contribution >= 0.6 is 0 Å². The van der Waals surface area contributed by atoms with Crippen molar-refractivity contribution >= 4 is 23.0 Å². The van der Waals surface area contributed by atoms with E-state index in [0.29, 0.717) is 0 Å². The maximum atomic E-state index is 5.29. The average Bonchev–Trinajstić information content (AvgIpc) is 3.94. The quantitative estimate of drug-likeness (QED) is 0.167. The molecule has 0 bridgehead atoms. The van der Waals surface area contributed by atoms with E-state index >= 15 is 0 Å². The largest absolute Gasteiger partial charge is 0.317 e. The Kier molecular flexibility index (Phi) is 8.74. The monoisotopic (exact) mass is 870 g/mol. The van der Waals surface area contributed by atoms with Crippen molar-refractivity contribution in [3.63, 3.8) is 0 Å². The number of benzene rings is 6. The molecule has 0 saturated carbocycles. The van der Waals surface area contributed by atoms with Crippen LogP contribution in [-0.2, 0) is 5.41 Å². The molecule has 12 rings (SSSR count). The molecule has 4 aliphatic rings. The van der Waals surface area contributed by atoms with Crippen molar-refractivity contribution in [2.75, 3.05) is 9.80 Å². The highest BCUT2D eigenvalue weighted by molar-refractivity contribution is 6.14. The van der Waals surface area contributed by atoms with Crippen LogP contribution in [0.2, 0.25) is 0 Å². The Hall–Kier alpha value is -7.44. The first-order valence-corrected chi connectivity index (χ1v) is 23.6. The molecule has 4 heterocycles. The lowest BCUT2D eigenvalue weighted by molar-refractivity contribution is 0.338. The van der Waals surface area contributed by atoms with Gasteiger partial charge in [-0.1, -0.05) is 133 Å². The Labute approximate surface area is 394 Å². The minimum Gasteiger partial charge on any atom is -0.317 e. The lowest BCUT2D eigenvalue weighted by atomic mass is 9.70. The van der Waals surface area contributed by atoms with Gasteiger partial charge in [0.1, 0.15) is 11.7 Å². The van der Waals surface area contributed by atoms with Crippen LogP contribution in [0.5, 0.6) is 0 Å². The molecular formula is C61H54N6. The van der Waals surface area contributed by atoms with Gasteiger partial charge in [0, 0.05) is 22.3 Å². The lowest BCUT2D eigenvalue weighted by Crippen LogP contribution is -2.53.